The van der Waals surface area contributed by atoms with Gasteiger partial charge in [-0.2, -0.15) is 0 Å². The van der Waals surface area contributed by atoms with Crippen molar-refractivity contribution in [3.63, 3.8) is 0 Å². The molecule has 160 valence electrons. The summed E-state index contributed by atoms with van der Waals surface area (Å²) in [6, 6.07) is 21.2. The highest BCUT2D eigenvalue weighted by atomic mass is 35.5. The Kier molecular flexibility index (Phi) is 4.02. The zero-order valence-electron chi connectivity index (χ0n) is 17.7. The normalized spacial score (nSPS) is 28.4. The first-order valence-corrected chi connectivity index (χ1v) is 11.3. The molecule has 1 heterocycles. The number of hydrogen-bond acceptors (Lipinski definition) is 3. The summed E-state index contributed by atoms with van der Waals surface area (Å²) >= 11 is 6.34. The van der Waals surface area contributed by atoms with Crippen molar-refractivity contribution >= 4 is 29.1 Å². The van der Waals surface area contributed by atoms with Crippen LogP contribution < -0.4 is 4.90 Å². The molecule has 3 aromatic carbocycles. The lowest BCUT2D eigenvalue weighted by atomic mass is 9.46. The quantitative estimate of drug-likeness (QED) is 0.590. The van der Waals surface area contributed by atoms with Crippen molar-refractivity contribution < 1.29 is 14.7 Å². The molecule has 1 aliphatic heterocycles. The van der Waals surface area contributed by atoms with E-state index in [0.717, 1.165) is 27.8 Å². The van der Waals surface area contributed by atoms with Gasteiger partial charge in [0.05, 0.1) is 29.0 Å². The van der Waals surface area contributed by atoms with Gasteiger partial charge in [0.25, 0.3) is 0 Å². The standard InChI is InChI=1S/C27H22ClNO3/c1-14-11-12-16(13-21(14)28)29-25(31)23-22-17-7-3-5-9-19(17)27(15(2)30,24(23)26(29)32)20-10-6-4-8-18(20)22/h3-13,15,22-24,30H,1-2H3. The molecule has 0 spiro atoms. The largest absolute Gasteiger partial charge is 0.392 e. The minimum atomic E-state index is -0.984. The van der Waals surface area contributed by atoms with Gasteiger partial charge in [-0.1, -0.05) is 66.2 Å². The van der Waals surface area contributed by atoms with Crippen LogP contribution in [0.3, 0.4) is 0 Å². The van der Waals surface area contributed by atoms with Crippen LogP contribution in [0.4, 0.5) is 5.69 Å². The molecule has 0 saturated carbocycles. The van der Waals surface area contributed by atoms with Gasteiger partial charge in [-0.3, -0.25) is 9.59 Å². The van der Waals surface area contributed by atoms with Crippen LogP contribution in [0.15, 0.2) is 66.7 Å². The predicted octanol–water partition coefficient (Wildman–Crippen LogP) is 4.58. The second kappa shape index (κ2) is 6.53. The Hall–Kier alpha value is -2.95. The molecule has 4 nitrogen and oxygen atoms in total. The molecule has 5 heteroatoms. The highest BCUT2D eigenvalue weighted by Gasteiger charge is 2.69. The lowest BCUT2D eigenvalue weighted by Crippen LogP contribution is -2.58. The molecule has 3 atom stereocenters. The van der Waals surface area contributed by atoms with E-state index in [1.54, 1.807) is 19.1 Å². The third-order valence-electron chi connectivity index (χ3n) is 7.76. The summed E-state index contributed by atoms with van der Waals surface area (Å²) in [7, 11) is 0. The number of aryl methyl sites for hydroxylation is 1. The van der Waals surface area contributed by atoms with Crippen LogP contribution in [0, 0.1) is 18.8 Å². The summed E-state index contributed by atoms with van der Waals surface area (Å²) in [5.41, 5.74) is 4.33. The number of carbonyl (C=O) groups excluding carboxylic acids is 2. The Balaban J connectivity index is 1.65. The summed E-state index contributed by atoms with van der Waals surface area (Å²) < 4.78 is 0. The SMILES string of the molecule is Cc1ccc(N2C(=O)C3C4c5ccccc5C(C(C)O)(c5ccccc54)C3C2=O)cc1Cl. The van der Waals surface area contributed by atoms with Gasteiger partial charge in [0.15, 0.2) is 0 Å². The number of imide groups is 1. The molecular weight excluding hydrogens is 422 g/mol. The van der Waals surface area contributed by atoms with E-state index in [2.05, 4.69) is 0 Å². The Morgan fingerprint density at radius 1 is 0.938 bits per heavy atom. The van der Waals surface area contributed by atoms with Crippen molar-refractivity contribution in [3.8, 4) is 0 Å². The molecule has 1 saturated heterocycles. The van der Waals surface area contributed by atoms with Crippen LogP contribution in [-0.2, 0) is 15.0 Å². The number of nitrogens with zero attached hydrogens (tertiary/aromatic N) is 1. The van der Waals surface area contributed by atoms with Crippen molar-refractivity contribution in [2.24, 2.45) is 11.8 Å². The molecular formula is C27H22ClNO3. The van der Waals surface area contributed by atoms with Crippen molar-refractivity contribution in [1.29, 1.82) is 0 Å². The molecule has 1 fully saturated rings. The Morgan fingerprint density at radius 3 is 2.09 bits per heavy atom. The first-order chi connectivity index (χ1) is 15.4. The second-order valence-corrected chi connectivity index (χ2v) is 9.55. The number of aliphatic hydroxyl groups is 1. The first kappa shape index (κ1) is 19.7. The molecule has 0 radical (unpaired) electrons. The number of carbonyl (C=O) groups is 2. The van der Waals surface area contributed by atoms with Gasteiger partial charge >= 0.3 is 0 Å². The topological polar surface area (TPSA) is 57.6 Å². The van der Waals surface area contributed by atoms with Crippen LogP contribution in [0.5, 0.6) is 0 Å². The summed E-state index contributed by atoms with van der Waals surface area (Å²) in [5.74, 6) is -1.96. The molecule has 3 aliphatic carbocycles. The summed E-state index contributed by atoms with van der Waals surface area (Å²) in [5, 5.41) is 11.8. The average Bonchev–Trinajstić information content (AvgIpc) is 3.06. The van der Waals surface area contributed by atoms with Gasteiger partial charge < -0.3 is 5.11 Å². The second-order valence-electron chi connectivity index (χ2n) is 9.15. The van der Waals surface area contributed by atoms with Crippen LogP contribution >= 0.6 is 11.6 Å². The number of anilines is 1. The van der Waals surface area contributed by atoms with Gasteiger partial charge in [0.1, 0.15) is 0 Å². The maximum atomic E-state index is 14.0. The number of rotatable bonds is 2. The number of aliphatic hydroxyl groups excluding tert-OH is 1. The van der Waals surface area contributed by atoms with Gasteiger partial charge in [-0.25, -0.2) is 4.90 Å². The maximum Gasteiger partial charge on any atom is 0.239 e. The van der Waals surface area contributed by atoms with Crippen molar-refractivity contribution in [2.75, 3.05) is 4.90 Å². The minimum Gasteiger partial charge on any atom is -0.392 e. The van der Waals surface area contributed by atoms with Gasteiger partial charge in [-0.15, -0.1) is 0 Å². The van der Waals surface area contributed by atoms with Gasteiger partial charge in [0, 0.05) is 10.9 Å². The fourth-order valence-corrected chi connectivity index (χ4v) is 6.69. The van der Waals surface area contributed by atoms with E-state index in [9.17, 15) is 14.7 Å². The van der Waals surface area contributed by atoms with E-state index in [4.69, 9.17) is 11.6 Å². The number of amides is 2. The summed E-state index contributed by atoms with van der Waals surface area (Å²) in [6.07, 6.45) is -0.864. The van der Waals surface area contributed by atoms with Gasteiger partial charge in [-0.05, 0) is 53.8 Å². The lowest BCUT2D eigenvalue weighted by molar-refractivity contribution is -0.126. The summed E-state index contributed by atoms with van der Waals surface area (Å²) in [6.45, 7) is 3.62. The van der Waals surface area contributed by atoms with E-state index >= 15 is 0 Å². The fraction of sp³-hybridized carbons (Fsp3) is 0.259. The zero-order valence-corrected chi connectivity index (χ0v) is 18.5. The van der Waals surface area contributed by atoms with Gasteiger partial charge in [0.2, 0.25) is 11.8 Å². The smallest absolute Gasteiger partial charge is 0.239 e. The molecule has 2 amide bonds. The fourth-order valence-electron chi connectivity index (χ4n) is 6.52. The van der Waals surface area contributed by atoms with Crippen molar-refractivity contribution in [1.82, 2.24) is 0 Å². The predicted molar refractivity (Wildman–Crippen MR) is 123 cm³/mol. The van der Waals surface area contributed by atoms with Crippen LogP contribution in [0.25, 0.3) is 0 Å². The van der Waals surface area contributed by atoms with Crippen molar-refractivity contribution in [3.05, 3.63) is 99.6 Å². The number of benzene rings is 3. The van der Waals surface area contributed by atoms with Crippen LogP contribution in [0.2, 0.25) is 5.02 Å². The minimum absolute atomic E-state index is 0.223. The van der Waals surface area contributed by atoms with Crippen molar-refractivity contribution in [2.45, 2.75) is 31.3 Å². The highest BCUT2D eigenvalue weighted by molar-refractivity contribution is 6.32. The molecule has 2 bridgehead atoms. The Labute approximate surface area is 191 Å². The van der Waals surface area contributed by atoms with Crippen LogP contribution in [0.1, 0.15) is 40.7 Å². The molecule has 0 aromatic heterocycles. The lowest BCUT2D eigenvalue weighted by Gasteiger charge is -2.55. The number of halogens is 1. The first-order valence-electron chi connectivity index (χ1n) is 10.9. The molecule has 4 aliphatic rings. The molecule has 32 heavy (non-hydrogen) atoms. The van der Waals surface area contributed by atoms with E-state index in [1.165, 1.54) is 4.90 Å². The third-order valence-corrected chi connectivity index (χ3v) is 8.16. The molecule has 7 rings (SSSR count). The Bertz CT molecular complexity index is 1270. The average molecular weight is 444 g/mol. The maximum absolute atomic E-state index is 14.0. The zero-order chi connectivity index (χ0) is 22.4. The Morgan fingerprint density at radius 2 is 1.53 bits per heavy atom. The highest BCUT2D eigenvalue weighted by Crippen LogP contribution is 2.65. The molecule has 1 N–H and O–H groups in total. The van der Waals surface area contributed by atoms with E-state index in [1.807, 2.05) is 61.5 Å². The number of hydrogen-bond donors (Lipinski definition) is 1. The van der Waals surface area contributed by atoms with Crippen LogP contribution in [-0.4, -0.2) is 23.0 Å². The molecule has 3 aromatic rings. The van der Waals surface area contributed by atoms with E-state index < -0.39 is 23.4 Å². The summed E-state index contributed by atoms with van der Waals surface area (Å²) in [4.78, 5) is 29.2. The third kappa shape index (κ3) is 2.17. The van der Waals surface area contributed by atoms with E-state index in [0.29, 0.717) is 10.7 Å². The van der Waals surface area contributed by atoms with E-state index in [-0.39, 0.29) is 17.7 Å². The molecule has 3 unspecified atom stereocenters. The monoisotopic (exact) mass is 443 g/mol.